The van der Waals surface area contributed by atoms with Crippen LogP contribution in [0.25, 0.3) is 0 Å². The Morgan fingerprint density at radius 1 is 1.47 bits per heavy atom. The number of nitrogens with one attached hydrogen (secondary N) is 1. The molecule has 1 aromatic rings. The number of ether oxygens (including phenoxy) is 1. The lowest BCUT2D eigenvalue weighted by Crippen LogP contribution is -2.43. The smallest absolute Gasteiger partial charge is 0.238 e. The molecule has 1 amide bonds. The SMILES string of the molecule is COC1CCCN(CC(=O)Nc2ccc(N)cc2)C1. The van der Waals surface area contributed by atoms with Crippen LogP contribution >= 0.6 is 0 Å². The minimum atomic E-state index is 0.00141. The lowest BCUT2D eigenvalue weighted by Gasteiger charge is -2.31. The van der Waals surface area contributed by atoms with Gasteiger partial charge < -0.3 is 15.8 Å². The van der Waals surface area contributed by atoms with Crippen LogP contribution in [0.4, 0.5) is 11.4 Å². The van der Waals surface area contributed by atoms with E-state index in [1.54, 1.807) is 31.4 Å². The number of anilines is 2. The standard InChI is InChI=1S/C14H21N3O2/c1-19-13-3-2-8-17(9-13)10-14(18)16-12-6-4-11(15)5-7-12/h4-7,13H,2-3,8-10,15H2,1H3,(H,16,18). The number of carbonyl (C=O) groups is 1. The van der Waals surface area contributed by atoms with E-state index < -0.39 is 0 Å². The van der Waals surface area contributed by atoms with E-state index >= 15 is 0 Å². The highest BCUT2D eigenvalue weighted by molar-refractivity contribution is 5.92. The first-order valence-electron chi connectivity index (χ1n) is 6.58. The summed E-state index contributed by atoms with van der Waals surface area (Å²) in [6.07, 6.45) is 2.40. The van der Waals surface area contributed by atoms with Gasteiger partial charge in [0.15, 0.2) is 0 Å². The Kier molecular flexibility index (Phi) is 4.76. The van der Waals surface area contributed by atoms with Crippen molar-refractivity contribution < 1.29 is 9.53 Å². The van der Waals surface area contributed by atoms with Gasteiger partial charge >= 0.3 is 0 Å². The van der Waals surface area contributed by atoms with Gasteiger partial charge in [0.05, 0.1) is 12.6 Å². The van der Waals surface area contributed by atoms with Crippen molar-refractivity contribution in [3.05, 3.63) is 24.3 Å². The van der Waals surface area contributed by atoms with Gasteiger partial charge in [0, 0.05) is 25.0 Å². The fraction of sp³-hybridized carbons (Fsp3) is 0.500. The summed E-state index contributed by atoms with van der Waals surface area (Å²) >= 11 is 0. The largest absolute Gasteiger partial charge is 0.399 e. The van der Waals surface area contributed by atoms with Crippen LogP contribution in [0.3, 0.4) is 0 Å². The van der Waals surface area contributed by atoms with Crippen LogP contribution in [0, 0.1) is 0 Å². The van der Waals surface area contributed by atoms with Crippen LogP contribution < -0.4 is 11.1 Å². The van der Waals surface area contributed by atoms with Crippen molar-refractivity contribution in [1.29, 1.82) is 0 Å². The van der Waals surface area contributed by atoms with Crippen molar-refractivity contribution in [2.45, 2.75) is 18.9 Å². The Balaban J connectivity index is 1.82. The van der Waals surface area contributed by atoms with Crippen molar-refractivity contribution >= 4 is 17.3 Å². The Hall–Kier alpha value is -1.59. The molecule has 1 heterocycles. The van der Waals surface area contributed by atoms with Crippen molar-refractivity contribution in [3.63, 3.8) is 0 Å². The number of carbonyl (C=O) groups excluding carboxylic acids is 1. The Morgan fingerprint density at radius 2 is 2.21 bits per heavy atom. The second-order valence-corrected chi connectivity index (χ2v) is 4.91. The van der Waals surface area contributed by atoms with Gasteiger partial charge in [0.2, 0.25) is 5.91 Å². The van der Waals surface area contributed by atoms with E-state index in [0.717, 1.165) is 31.6 Å². The minimum absolute atomic E-state index is 0.00141. The number of nitrogens with zero attached hydrogens (tertiary/aromatic N) is 1. The minimum Gasteiger partial charge on any atom is -0.399 e. The molecule has 1 unspecified atom stereocenters. The molecule has 5 nitrogen and oxygen atoms in total. The molecule has 19 heavy (non-hydrogen) atoms. The molecule has 1 saturated heterocycles. The third-order valence-electron chi connectivity index (χ3n) is 3.36. The number of amides is 1. The monoisotopic (exact) mass is 263 g/mol. The second kappa shape index (κ2) is 6.54. The number of nitrogens with two attached hydrogens (primary N) is 1. The maximum atomic E-state index is 11.9. The van der Waals surface area contributed by atoms with E-state index in [2.05, 4.69) is 10.2 Å². The molecule has 0 saturated carbocycles. The number of benzene rings is 1. The molecule has 0 radical (unpaired) electrons. The molecule has 1 aliphatic heterocycles. The van der Waals surface area contributed by atoms with Gasteiger partial charge in [-0.05, 0) is 43.7 Å². The zero-order valence-corrected chi connectivity index (χ0v) is 11.3. The summed E-state index contributed by atoms with van der Waals surface area (Å²) in [7, 11) is 1.72. The average molecular weight is 263 g/mol. The highest BCUT2D eigenvalue weighted by atomic mass is 16.5. The van der Waals surface area contributed by atoms with Crippen LogP contribution in [0.5, 0.6) is 0 Å². The van der Waals surface area contributed by atoms with Gasteiger partial charge in [-0.25, -0.2) is 0 Å². The molecule has 1 aromatic carbocycles. The fourth-order valence-corrected chi connectivity index (χ4v) is 2.32. The molecule has 0 aromatic heterocycles. The van der Waals surface area contributed by atoms with Gasteiger partial charge in [-0.3, -0.25) is 9.69 Å². The fourth-order valence-electron chi connectivity index (χ4n) is 2.32. The number of rotatable bonds is 4. The summed E-state index contributed by atoms with van der Waals surface area (Å²) in [5.41, 5.74) is 7.07. The van der Waals surface area contributed by atoms with E-state index in [1.165, 1.54) is 0 Å². The topological polar surface area (TPSA) is 67.6 Å². The van der Waals surface area contributed by atoms with Gasteiger partial charge in [-0.1, -0.05) is 0 Å². The molecule has 1 fully saturated rings. The number of piperidine rings is 1. The Bertz CT molecular complexity index is 419. The van der Waals surface area contributed by atoms with E-state index in [-0.39, 0.29) is 12.0 Å². The summed E-state index contributed by atoms with van der Waals surface area (Å²) in [6, 6.07) is 7.16. The third kappa shape index (κ3) is 4.22. The molecular formula is C14H21N3O2. The Labute approximate surface area is 113 Å². The maximum absolute atomic E-state index is 11.9. The van der Waals surface area contributed by atoms with Crippen molar-refractivity contribution in [3.8, 4) is 0 Å². The molecule has 1 atom stereocenters. The first-order chi connectivity index (χ1) is 9.17. The van der Waals surface area contributed by atoms with Crippen LogP contribution in [0.15, 0.2) is 24.3 Å². The predicted molar refractivity (Wildman–Crippen MR) is 76.0 cm³/mol. The van der Waals surface area contributed by atoms with E-state index in [0.29, 0.717) is 12.2 Å². The van der Waals surface area contributed by atoms with Crippen molar-refractivity contribution in [2.24, 2.45) is 0 Å². The maximum Gasteiger partial charge on any atom is 0.238 e. The lowest BCUT2D eigenvalue weighted by atomic mass is 10.1. The van der Waals surface area contributed by atoms with Crippen LogP contribution in [-0.2, 0) is 9.53 Å². The number of likely N-dealkylation sites (tertiary alicyclic amines) is 1. The lowest BCUT2D eigenvalue weighted by molar-refractivity contribution is -0.118. The summed E-state index contributed by atoms with van der Waals surface area (Å²) in [6.45, 7) is 2.19. The van der Waals surface area contributed by atoms with Crippen LogP contribution in [-0.4, -0.2) is 43.7 Å². The first kappa shape index (κ1) is 13.8. The summed E-state index contributed by atoms with van der Waals surface area (Å²) in [4.78, 5) is 14.1. The number of nitrogen functional groups attached to an aromatic ring is 1. The van der Waals surface area contributed by atoms with Crippen molar-refractivity contribution in [1.82, 2.24) is 4.90 Å². The zero-order chi connectivity index (χ0) is 13.7. The van der Waals surface area contributed by atoms with Gasteiger partial charge in [-0.2, -0.15) is 0 Å². The quantitative estimate of drug-likeness (QED) is 0.804. The number of hydrogen-bond acceptors (Lipinski definition) is 4. The van der Waals surface area contributed by atoms with E-state index in [9.17, 15) is 4.79 Å². The highest BCUT2D eigenvalue weighted by Gasteiger charge is 2.21. The summed E-state index contributed by atoms with van der Waals surface area (Å²) < 4.78 is 5.35. The number of methoxy groups -OCH3 is 1. The van der Waals surface area contributed by atoms with Gasteiger partial charge in [0.25, 0.3) is 0 Å². The molecule has 0 aliphatic carbocycles. The normalized spacial score (nSPS) is 20.2. The van der Waals surface area contributed by atoms with E-state index in [4.69, 9.17) is 10.5 Å². The highest BCUT2D eigenvalue weighted by Crippen LogP contribution is 2.13. The third-order valence-corrected chi connectivity index (χ3v) is 3.36. The molecule has 0 spiro atoms. The Morgan fingerprint density at radius 3 is 2.89 bits per heavy atom. The van der Waals surface area contributed by atoms with E-state index in [1.807, 2.05) is 0 Å². The van der Waals surface area contributed by atoms with Crippen LogP contribution in [0.2, 0.25) is 0 Å². The van der Waals surface area contributed by atoms with Gasteiger partial charge in [-0.15, -0.1) is 0 Å². The average Bonchev–Trinajstić information content (AvgIpc) is 2.41. The van der Waals surface area contributed by atoms with Crippen molar-refractivity contribution in [2.75, 3.05) is 37.8 Å². The molecule has 1 aliphatic rings. The zero-order valence-electron chi connectivity index (χ0n) is 11.3. The molecular weight excluding hydrogens is 242 g/mol. The molecule has 104 valence electrons. The molecule has 5 heteroatoms. The predicted octanol–water partition coefficient (Wildman–Crippen LogP) is 1.32. The van der Waals surface area contributed by atoms with Gasteiger partial charge in [0.1, 0.15) is 0 Å². The van der Waals surface area contributed by atoms with Crippen LogP contribution in [0.1, 0.15) is 12.8 Å². The molecule has 2 rings (SSSR count). The second-order valence-electron chi connectivity index (χ2n) is 4.91. The number of hydrogen-bond donors (Lipinski definition) is 2. The molecule has 0 bridgehead atoms. The first-order valence-corrected chi connectivity index (χ1v) is 6.58. The summed E-state index contributed by atoms with van der Waals surface area (Å²) in [5, 5.41) is 2.87. The summed E-state index contributed by atoms with van der Waals surface area (Å²) in [5.74, 6) is 0.00141. The molecule has 3 N–H and O–H groups in total.